The Balaban J connectivity index is 2.24. The highest BCUT2D eigenvalue weighted by Gasteiger charge is 2.13. The number of hydrogen-bond donors (Lipinski definition) is 1. The van der Waals surface area contributed by atoms with Gasteiger partial charge in [0, 0.05) is 12.6 Å². The zero-order chi connectivity index (χ0) is 10.2. The first kappa shape index (κ1) is 12.0. The summed E-state index contributed by atoms with van der Waals surface area (Å²) >= 11 is 0. The summed E-state index contributed by atoms with van der Waals surface area (Å²) in [6.07, 6.45) is 6.94. The van der Waals surface area contributed by atoms with Crippen LogP contribution in [0.25, 0.3) is 0 Å². The summed E-state index contributed by atoms with van der Waals surface area (Å²) in [5.41, 5.74) is 0. The van der Waals surface area contributed by atoms with Crippen LogP contribution in [0.1, 0.15) is 46.0 Å². The zero-order valence-corrected chi connectivity index (χ0v) is 9.89. The van der Waals surface area contributed by atoms with Crippen LogP contribution in [-0.4, -0.2) is 37.1 Å². The third-order valence-electron chi connectivity index (χ3n) is 3.16. The maximum atomic E-state index is 3.56. The molecule has 0 spiro atoms. The van der Waals surface area contributed by atoms with Gasteiger partial charge in [-0.2, -0.15) is 0 Å². The first-order valence-corrected chi connectivity index (χ1v) is 6.32. The second-order valence-corrected chi connectivity index (χ2v) is 4.38. The molecule has 1 atom stereocenters. The quantitative estimate of drug-likeness (QED) is 0.729. The predicted molar refractivity (Wildman–Crippen MR) is 62.7 cm³/mol. The van der Waals surface area contributed by atoms with Crippen molar-refractivity contribution in [2.45, 2.75) is 52.0 Å². The number of nitrogens with one attached hydrogen (secondary N) is 1. The molecule has 1 saturated heterocycles. The predicted octanol–water partition coefficient (Wildman–Crippen LogP) is 2.25. The average molecular weight is 198 g/mol. The Labute approximate surface area is 89.1 Å². The minimum absolute atomic E-state index is 0.707. The van der Waals surface area contributed by atoms with Gasteiger partial charge in [-0.15, -0.1) is 0 Å². The molecular formula is C12H26N2. The van der Waals surface area contributed by atoms with Crippen LogP contribution in [0.3, 0.4) is 0 Å². The van der Waals surface area contributed by atoms with Crippen LogP contribution in [-0.2, 0) is 0 Å². The molecule has 1 aliphatic heterocycles. The van der Waals surface area contributed by atoms with E-state index >= 15 is 0 Å². The summed E-state index contributed by atoms with van der Waals surface area (Å²) in [6, 6.07) is 0.707. The van der Waals surface area contributed by atoms with E-state index in [-0.39, 0.29) is 0 Å². The molecule has 1 heterocycles. The second-order valence-electron chi connectivity index (χ2n) is 4.38. The molecule has 84 valence electrons. The van der Waals surface area contributed by atoms with Crippen molar-refractivity contribution in [1.29, 1.82) is 0 Å². The molecule has 0 bridgehead atoms. The molecule has 2 heteroatoms. The molecule has 14 heavy (non-hydrogen) atoms. The van der Waals surface area contributed by atoms with Gasteiger partial charge in [0.25, 0.3) is 0 Å². The van der Waals surface area contributed by atoms with Crippen LogP contribution in [0, 0.1) is 0 Å². The van der Waals surface area contributed by atoms with Gasteiger partial charge >= 0.3 is 0 Å². The maximum absolute atomic E-state index is 3.56. The molecular weight excluding hydrogens is 172 g/mol. The van der Waals surface area contributed by atoms with E-state index in [0.29, 0.717) is 6.04 Å². The van der Waals surface area contributed by atoms with E-state index in [4.69, 9.17) is 0 Å². The topological polar surface area (TPSA) is 15.3 Å². The van der Waals surface area contributed by atoms with Crippen molar-refractivity contribution in [3.63, 3.8) is 0 Å². The normalized spacial score (nSPS) is 21.9. The smallest absolute Gasteiger partial charge is 0.0192 e. The standard InChI is InChI=1S/C12H26N2/c1-3-12(13-4-2)11-14-9-7-5-6-8-10-14/h12-13H,3-11H2,1-2H3. The Bertz CT molecular complexity index is 128. The van der Waals surface area contributed by atoms with Crippen molar-refractivity contribution >= 4 is 0 Å². The number of hydrogen-bond acceptors (Lipinski definition) is 2. The second kappa shape index (κ2) is 7.24. The van der Waals surface area contributed by atoms with E-state index in [1.807, 2.05) is 0 Å². The van der Waals surface area contributed by atoms with E-state index in [1.54, 1.807) is 0 Å². The summed E-state index contributed by atoms with van der Waals surface area (Å²) < 4.78 is 0. The zero-order valence-electron chi connectivity index (χ0n) is 9.89. The SMILES string of the molecule is CCNC(CC)CN1CCCCCC1. The number of likely N-dealkylation sites (tertiary alicyclic amines) is 1. The highest BCUT2D eigenvalue weighted by atomic mass is 15.1. The lowest BCUT2D eigenvalue weighted by Gasteiger charge is -2.25. The third kappa shape index (κ3) is 4.43. The highest BCUT2D eigenvalue weighted by molar-refractivity contribution is 4.72. The van der Waals surface area contributed by atoms with Gasteiger partial charge in [-0.05, 0) is 38.9 Å². The third-order valence-corrected chi connectivity index (χ3v) is 3.16. The van der Waals surface area contributed by atoms with Crippen molar-refractivity contribution in [2.24, 2.45) is 0 Å². The Kier molecular flexibility index (Phi) is 6.20. The highest BCUT2D eigenvalue weighted by Crippen LogP contribution is 2.10. The monoisotopic (exact) mass is 198 g/mol. The summed E-state index contributed by atoms with van der Waals surface area (Å²) in [5, 5.41) is 3.56. The fourth-order valence-electron chi connectivity index (χ4n) is 2.26. The van der Waals surface area contributed by atoms with Gasteiger partial charge in [-0.25, -0.2) is 0 Å². The lowest BCUT2D eigenvalue weighted by molar-refractivity contribution is 0.248. The van der Waals surface area contributed by atoms with Gasteiger partial charge in [0.15, 0.2) is 0 Å². The lowest BCUT2D eigenvalue weighted by Crippen LogP contribution is -2.41. The summed E-state index contributed by atoms with van der Waals surface area (Å²) in [5.74, 6) is 0. The number of nitrogens with zero attached hydrogens (tertiary/aromatic N) is 1. The van der Waals surface area contributed by atoms with E-state index < -0.39 is 0 Å². The van der Waals surface area contributed by atoms with E-state index in [0.717, 1.165) is 6.54 Å². The molecule has 1 aliphatic rings. The van der Waals surface area contributed by atoms with Gasteiger partial charge in [-0.1, -0.05) is 26.7 Å². The van der Waals surface area contributed by atoms with Gasteiger partial charge in [0.05, 0.1) is 0 Å². The van der Waals surface area contributed by atoms with Crippen LogP contribution in [0.15, 0.2) is 0 Å². The van der Waals surface area contributed by atoms with Crippen LogP contribution in [0.4, 0.5) is 0 Å². The molecule has 0 aromatic rings. The van der Waals surface area contributed by atoms with E-state index in [9.17, 15) is 0 Å². The molecule has 0 radical (unpaired) electrons. The molecule has 0 aromatic heterocycles. The Hall–Kier alpha value is -0.0800. The lowest BCUT2D eigenvalue weighted by atomic mass is 10.2. The minimum Gasteiger partial charge on any atom is -0.313 e. The molecule has 1 N–H and O–H groups in total. The average Bonchev–Trinajstić information content (AvgIpc) is 2.45. The van der Waals surface area contributed by atoms with Gasteiger partial charge < -0.3 is 10.2 Å². The number of likely N-dealkylation sites (N-methyl/N-ethyl adjacent to an activating group) is 1. The molecule has 2 nitrogen and oxygen atoms in total. The molecule has 1 fully saturated rings. The summed E-state index contributed by atoms with van der Waals surface area (Å²) in [4.78, 5) is 2.64. The largest absolute Gasteiger partial charge is 0.313 e. The first-order chi connectivity index (χ1) is 6.86. The summed E-state index contributed by atoms with van der Waals surface area (Å²) in [7, 11) is 0. The van der Waals surface area contributed by atoms with Crippen LogP contribution in [0.5, 0.6) is 0 Å². The molecule has 0 aromatic carbocycles. The maximum Gasteiger partial charge on any atom is 0.0192 e. The fourth-order valence-corrected chi connectivity index (χ4v) is 2.26. The molecule has 1 rings (SSSR count). The van der Waals surface area contributed by atoms with Crippen molar-refractivity contribution < 1.29 is 0 Å². The van der Waals surface area contributed by atoms with Crippen LogP contribution >= 0.6 is 0 Å². The number of rotatable bonds is 5. The Morgan fingerprint density at radius 2 is 1.71 bits per heavy atom. The molecule has 1 unspecified atom stereocenters. The van der Waals surface area contributed by atoms with Gasteiger partial charge in [-0.3, -0.25) is 0 Å². The van der Waals surface area contributed by atoms with E-state index in [2.05, 4.69) is 24.1 Å². The molecule has 0 amide bonds. The van der Waals surface area contributed by atoms with Crippen molar-refractivity contribution in [3.05, 3.63) is 0 Å². The van der Waals surface area contributed by atoms with Crippen molar-refractivity contribution in [1.82, 2.24) is 10.2 Å². The van der Waals surface area contributed by atoms with E-state index in [1.165, 1.54) is 51.7 Å². The summed E-state index contributed by atoms with van der Waals surface area (Å²) in [6.45, 7) is 9.48. The molecule has 0 saturated carbocycles. The molecule has 0 aliphatic carbocycles. The van der Waals surface area contributed by atoms with Crippen molar-refractivity contribution in [2.75, 3.05) is 26.2 Å². The van der Waals surface area contributed by atoms with Gasteiger partial charge in [0.1, 0.15) is 0 Å². The minimum atomic E-state index is 0.707. The Morgan fingerprint density at radius 3 is 2.21 bits per heavy atom. The Morgan fingerprint density at radius 1 is 1.07 bits per heavy atom. The fraction of sp³-hybridized carbons (Fsp3) is 1.00. The van der Waals surface area contributed by atoms with Crippen LogP contribution in [0.2, 0.25) is 0 Å². The van der Waals surface area contributed by atoms with Gasteiger partial charge in [0.2, 0.25) is 0 Å². The van der Waals surface area contributed by atoms with Crippen LogP contribution < -0.4 is 5.32 Å². The first-order valence-electron chi connectivity index (χ1n) is 6.32. The van der Waals surface area contributed by atoms with Crippen molar-refractivity contribution in [3.8, 4) is 0 Å².